The van der Waals surface area contributed by atoms with E-state index in [1.165, 1.54) is 12.0 Å². The summed E-state index contributed by atoms with van der Waals surface area (Å²) in [5.74, 6) is 0.0522. The van der Waals surface area contributed by atoms with Gasteiger partial charge in [-0.2, -0.15) is 0 Å². The summed E-state index contributed by atoms with van der Waals surface area (Å²) in [7, 11) is 0. The average molecular weight is 309 g/mol. The van der Waals surface area contributed by atoms with Crippen molar-refractivity contribution < 1.29 is 4.79 Å². The molecule has 120 valence electrons. The molecule has 4 nitrogen and oxygen atoms in total. The van der Waals surface area contributed by atoms with Gasteiger partial charge in [0.05, 0.1) is 0 Å². The highest BCUT2D eigenvalue weighted by Crippen LogP contribution is 2.14. The summed E-state index contributed by atoms with van der Waals surface area (Å²) in [5, 5.41) is 3.38. The van der Waals surface area contributed by atoms with E-state index in [1.807, 2.05) is 23.1 Å². The number of hydrogen-bond donors (Lipinski definition) is 1. The number of carbonyl (C=O) groups excluding carboxylic acids is 1. The lowest BCUT2D eigenvalue weighted by molar-refractivity contribution is 0.0718. The molecule has 1 saturated heterocycles. The van der Waals surface area contributed by atoms with Crippen molar-refractivity contribution in [1.82, 2.24) is 9.88 Å². The molecule has 2 aromatic rings. The molecule has 23 heavy (non-hydrogen) atoms. The van der Waals surface area contributed by atoms with E-state index in [-0.39, 0.29) is 5.91 Å². The third-order valence-corrected chi connectivity index (χ3v) is 4.21. The number of nitrogens with one attached hydrogen (secondary N) is 1. The van der Waals surface area contributed by atoms with E-state index < -0.39 is 0 Å². The van der Waals surface area contributed by atoms with E-state index >= 15 is 0 Å². The van der Waals surface area contributed by atoms with Crippen molar-refractivity contribution in [2.75, 3.05) is 25.0 Å². The second-order valence-electron chi connectivity index (χ2n) is 5.94. The quantitative estimate of drug-likeness (QED) is 0.921. The highest BCUT2D eigenvalue weighted by molar-refractivity contribution is 5.93. The van der Waals surface area contributed by atoms with Crippen LogP contribution in [0.1, 0.15) is 35.3 Å². The van der Waals surface area contributed by atoms with Crippen LogP contribution in [0.5, 0.6) is 0 Å². The van der Waals surface area contributed by atoms with Crippen LogP contribution in [0.25, 0.3) is 0 Å². The third-order valence-electron chi connectivity index (χ3n) is 4.21. The van der Waals surface area contributed by atoms with E-state index in [9.17, 15) is 4.79 Å². The number of anilines is 1. The minimum Gasteiger partial charge on any atom is -0.385 e. The van der Waals surface area contributed by atoms with Crippen LogP contribution in [0.15, 0.2) is 48.7 Å². The van der Waals surface area contributed by atoms with Gasteiger partial charge in [-0.3, -0.25) is 9.78 Å². The average Bonchev–Trinajstić information content (AvgIpc) is 2.63. The summed E-state index contributed by atoms with van der Waals surface area (Å²) in [4.78, 5) is 18.6. The van der Waals surface area contributed by atoms with Crippen molar-refractivity contribution in [3.63, 3.8) is 0 Å². The summed E-state index contributed by atoms with van der Waals surface area (Å²) in [5.41, 5.74) is 2.80. The summed E-state index contributed by atoms with van der Waals surface area (Å²) < 4.78 is 0. The molecule has 1 aromatic heterocycles. The molecule has 0 atom stereocenters. The number of pyridine rings is 1. The van der Waals surface area contributed by atoms with Gasteiger partial charge >= 0.3 is 0 Å². The molecule has 0 aliphatic carbocycles. The molecular weight excluding hydrogens is 286 g/mol. The van der Waals surface area contributed by atoms with Crippen LogP contribution in [0.2, 0.25) is 0 Å². The molecule has 1 aromatic carbocycles. The molecule has 0 spiro atoms. The fourth-order valence-corrected chi connectivity index (χ4v) is 2.91. The standard InChI is InChI=1S/C19H23N3O/c23-19(22-13-5-2-6-14-22)18-15-17(10-12-21-18)20-11-9-16-7-3-1-4-8-16/h1,3-4,7-8,10,12,15H,2,5-6,9,11,13-14H2,(H,20,21). The molecule has 1 aliphatic rings. The van der Waals surface area contributed by atoms with Gasteiger partial charge in [-0.25, -0.2) is 0 Å². The monoisotopic (exact) mass is 309 g/mol. The number of nitrogens with zero attached hydrogens (tertiary/aromatic N) is 2. The largest absolute Gasteiger partial charge is 0.385 e. The number of hydrogen-bond acceptors (Lipinski definition) is 3. The maximum atomic E-state index is 12.5. The van der Waals surface area contributed by atoms with Crippen molar-refractivity contribution in [3.8, 4) is 0 Å². The van der Waals surface area contributed by atoms with Gasteiger partial charge < -0.3 is 10.2 Å². The summed E-state index contributed by atoms with van der Waals surface area (Å²) in [6.45, 7) is 2.55. The number of rotatable bonds is 5. The predicted molar refractivity (Wildman–Crippen MR) is 92.6 cm³/mol. The number of piperidine rings is 1. The Morgan fingerprint density at radius 1 is 1.09 bits per heavy atom. The molecule has 0 unspecified atom stereocenters. The fraction of sp³-hybridized carbons (Fsp3) is 0.368. The molecule has 1 N–H and O–H groups in total. The smallest absolute Gasteiger partial charge is 0.272 e. The van der Waals surface area contributed by atoms with Gasteiger partial charge in [0.1, 0.15) is 5.69 Å². The van der Waals surface area contributed by atoms with Gasteiger partial charge in [-0.15, -0.1) is 0 Å². The van der Waals surface area contributed by atoms with Gasteiger partial charge in [0, 0.05) is 31.5 Å². The summed E-state index contributed by atoms with van der Waals surface area (Å²) in [6.07, 6.45) is 6.08. The number of likely N-dealkylation sites (tertiary alicyclic amines) is 1. The number of amides is 1. The first-order chi connectivity index (χ1) is 11.3. The summed E-state index contributed by atoms with van der Waals surface area (Å²) in [6, 6.07) is 14.2. The van der Waals surface area contributed by atoms with Crippen molar-refractivity contribution in [2.24, 2.45) is 0 Å². The van der Waals surface area contributed by atoms with Crippen LogP contribution in [0.3, 0.4) is 0 Å². The Labute approximate surface area is 137 Å². The highest BCUT2D eigenvalue weighted by Gasteiger charge is 2.19. The molecule has 2 heterocycles. The van der Waals surface area contributed by atoms with Gasteiger partial charge in [0.25, 0.3) is 5.91 Å². The molecule has 0 radical (unpaired) electrons. The molecular formula is C19H23N3O. The highest BCUT2D eigenvalue weighted by atomic mass is 16.2. The Bertz CT molecular complexity index is 636. The normalized spacial score (nSPS) is 14.5. The van der Waals surface area contributed by atoms with Gasteiger partial charge in [0.2, 0.25) is 0 Å². The lowest BCUT2D eigenvalue weighted by atomic mass is 10.1. The van der Waals surface area contributed by atoms with Crippen molar-refractivity contribution >= 4 is 11.6 Å². The second-order valence-corrected chi connectivity index (χ2v) is 5.94. The zero-order chi connectivity index (χ0) is 15.9. The molecule has 1 fully saturated rings. The first-order valence-corrected chi connectivity index (χ1v) is 8.36. The maximum absolute atomic E-state index is 12.5. The van der Waals surface area contributed by atoms with Crippen LogP contribution in [0.4, 0.5) is 5.69 Å². The first kappa shape index (κ1) is 15.5. The van der Waals surface area contributed by atoms with Crippen molar-refractivity contribution in [3.05, 3.63) is 59.9 Å². The SMILES string of the molecule is O=C(c1cc(NCCc2ccccc2)ccn1)N1CCCCC1. The van der Waals surface area contributed by atoms with Gasteiger partial charge in [0.15, 0.2) is 0 Å². The van der Waals surface area contributed by atoms with Crippen LogP contribution < -0.4 is 5.32 Å². The Hall–Kier alpha value is -2.36. The fourth-order valence-electron chi connectivity index (χ4n) is 2.91. The lowest BCUT2D eigenvalue weighted by Gasteiger charge is -2.26. The second kappa shape index (κ2) is 7.77. The number of carbonyl (C=O) groups is 1. The van der Waals surface area contributed by atoms with E-state index in [0.717, 1.165) is 44.6 Å². The molecule has 0 bridgehead atoms. The predicted octanol–water partition coefficient (Wildman–Crippen LogP) is 3.36. The summed E-state index contributed by atoms with van der Waals surface area (Å²) >= 11 is 0. The van der Waals surface area contributed by atoms with E-state index in [0.29, 0.717) is 5.69 Å². The molecule has 4 heteroatoms. The third kappa shape index (κ3) is 4.31. The van der Waals surface area contributed by atoms with E-state index in [2.05, 4.69) is 34.6 Å². The van der Waals surface area contributed by atoms with Crippen molar-refractivity contribution in [1.29, 1.82) is 0 Å². The minimum atomic E-state index is 0.0522. The van der Waals surface area contributed by atoms with Crippen LogP contribution >= 0.6 is 0 Å². The first-order valence-electron chi connectivity index (χ1n) is 8.36. The van der Waals surface area contributed by atoms with Crippen LogP contribution in [-0.2, 0) is 6.42 Å². The van der Waals surface area contributed by atoms with E-state index in [4.69, 9.17) is 0 Å². The van der Waals surface area contributed by atoms with Crippen molar-refractivity contribution in [2.45, 2.75) is 25.7 Å². The Morgan fingerprint density at radius 3 is 2.65 bits per heavy atom. The van der Waals surface area contributed by atoms with Gasteiger partial charge in [-0.05, 0) is 43.4 Å². The molecule has 3 rings (SSSR count). The Balaban J connectivity index is 1.57. The van der Waals surface area contributed by atoms with E-state index in [1.54, 1.807) is 6.20 Å². The maximum Gasteiger partial charge on any atom is 0.272 e. The molecule has 1 amide bonds. The van der Waals surface area contributed by atoms with Crippen LogP contribution in [-0.4, -0.2) is 35.4 Å². The zero-order valence-electron chi connectivity index (χ0n) is 13.4. The number of benzene rings is 1. The Morgan fingerprint density at radius 2 is 1.87 bits per heavy atom. The topological polar surface area (TPSA) is 45.2 Å². The minimum absolute atomic E-state index is 0.0522. The molecule has 1 aliphatic heterocycles. The van der Waals surface area contributed by atoms with Gasteiger partial charge in [-0.1, -0.05) is 30.3 Å². The zero-order valence-corrected chi connectivity index (χ0v) is 13.4. The Kier molecular flexibility index (Phi) is 5.25. The number of aromatic nitrogens is 1. The lowest BCUT2D eigenvalue weighted by Crippen LogP contribution is -2.36. The van der Waals surface area contributed by atoms with Crippen LogP contribution in [0, 0.1) is 0 Å². The molecule has 0 saturated carbocycles.